The van der Waals surface area contributed by atoms with Gasteiger partial charge in [-0.05, 0) is 135 Å². The zero-order valence-electron chi connectivity index (χ0n) is 44.6. The van der Waals surface area contributed by atoms with Crippen LogP contribution >= 0.6 is 11.3 Å². The molecule has 18 heteroatoms. The van der Waals surface area contributed by atoms with Crippen LogP contribution in [0.3, 0.4) is 0 Å². The lowest BCUT2D eigenvalue weighted by Crippen LogP contribution is -2.51. The van der Waals surface area contributed by atoms with Gasteiger partial charge in [0, 0.05) is 56.1 Å². The van der Waals surface area contributed by atoms with Crippen LogP contribution in [-0.4, -0.2) is 122 Å². The number of fused-ring (bicyclic) bond motifs is 4. The van der Waals surface area contributed by atoms with Gasteiger partial charge in [0.2, 0.25) is 11.8 Å². The molecule has 2 unspecified atom stereocenters. The fraction of sp³-hybridized carbons (Fsp3) is 0.475. The predicted octanol–water partition coefficient (Wildman–Crippen LogP) is 9.78. The second-order valence-corrected chi connectivity index (χ2v) is 22.6. The number of aromatic hydroxyl groups is 1. The number of amides is 2. The number of phenols is 1. The molecule has 0 radical (unpaired) electrons. The molecule has 0 aliphatic carbocycles. The van der Waals surface area contributed by atoms with Crippen LogP contribution in [0.2, 0.25) is 0 Å². The van der Waals surface area contributed by atoms with Crippen LogP contribution < -0.4 is 25.0 Å². The molecule has 16 nitrogen and oxygen atoms in total. The quantitative estimate of drug-likeness (QED) is 0.0738. The van der Waals surface area contributed by atoms with E-state index in [0.717, 1.165) is 109 Å². The SMILES string of the molecule is CCc1cccc2cc(O)cc(-c3ncc4c(N5CC6CCC(C5)N6)nc(OCCN5CCC(CCOc6cc([C@@H](C(=O)N7CCC[C@H]7C(=O)N[C@@H](C)c7ccc(-c8scnc8C)cc7)C(C)C)on6)CC5)nc4c3F)c12. The highest BCUT2D eigenvalue weighted by molar-refractivity contribution is 7.13. The van der Waals surface area contributed by atoms with Crippen LogP contribution in [0.25, 0.3) is 43.4 Å². The number of rotatable bonds is 18. The molecule has 4 aliphatic heterocycles. The van der Waals surface area contributed by atoms with Crippen molar-refractivity contribution in [2.24, 2.45) is 11.8 Å². The monoisotopic (exact) mass is 1060 g/mol. The Kier molecular flexibility index (Phi) is 15.4. The Labute approximate surface area is 452 Å². The van der Waals surface area contributed by atoms with Gasteiger partial charge in [-0.3, -0.25) is 19.5 Å². The number of phenolic OH excluding ortho intramolecular Hbond substituents is 1. The number of likely N-dealkylation sites (tertiary alicyclic amines) is 2. The van der Waals surface area contributed by atoms with Crippen molar-refractivity contribution in [1.29, 1.82) is 0 Å². The van der Waals surface area contributed by atoms with E-state index in [4.69, 9.17) is 28.9 Å². The zero-order chi connectivity index (χ0) is 53.3. The molecular weight excluding hydrogens is 996 g/mol. The normalized spacial score (nSPS) is 19.9. The van der Waals surface area contributed by atoms with E-state index >= 15 is 4.39 Å². The highest BCUT2D eigenvalue weighted by Gasteiger charge is 2.41. The molecular formula is C59H69FN10O6S. The number of carbonyl (C=O) groups is 2. The smallest absolute Gasteiger partial charge is 0.319 e. The predicted molar refractivity (Wildman–Crippen MR) is 296 cm³/mol. The number of thiazole rings is 1. The Morgan fingerprint density at radius 1 is 0.948 bits per heavy atom. The van der Waals surface area contributed by atoms with Crippen molar-refractivity contribution in [2.45, 2.75) is 116 Å². The zero-order valence-corrected chi connectivity index (χ0v) is 45.5. The van der Waals surface area contributed by atoms with Crippen molar-refractivity contribution in [3.8, 4) is 39.3 Å². The molecule has 3 N–H and O–H groups in total. The van der Waals surface area contributed by atoms with E-state index in [-0.39, 0.29) is 46.7 Å². The first kappa shape index (κ1) is 52.3. The minimum absolute atomic E-state index is 0.0406. The van der Waals surface area contributed by atoms with Crippen LogP contribution in [0, 0.1) is 24.6 Å². The van der Waals surface area contributed by atoms with E-state index in [1.807, 2.05) is 63.5 Å². The second kappa shape index (κ2) is 22.7. The number of aryl methyl sites for hydroxylation is 2. The number of piperazine rings is 1. The Morgan fingerprint density at radius 2 is 1.74 bits per heavy atom. The lowest BCUT2D eigenvalue weighted by atomic mass is 9.91. The number of hydrogen-bond acceptors (Lipinski definition) is 15. The molecule has 8 heterocycles. The summed E-state index contributed by atoms with van der Waals surface area (Å²) < 4.78 is 35.3. The largest absolute Gasteiger partial charge is 0.508 e. The van der Waals surface area contributed by atoms with Gasteiger partial charge < -0.3 is 39.5 Å². The van der Waals surface area contributed by atoms with E-state index in [1.54, 1.807) is 40.6 Å². The Hall–Kier alpha value is -6.76. The van der Waals surface area contributed by atoms with E-state index in [9.17, 15) is 14.7 Å². The first-order valence-electron chi connectivity index (χ1n) is 27.6. The fourth-order valence-corrected chi connectivity index (χ4v) is 13.0. The van der Waals surface area contributed by atoms with Gasteiger partial charge in [0.25, 0.3) is 5.88 Å². The highest BCUT2D eigenvalue weighted by atomic mass is 32.1. The number of halogens is 1. The molecule has 77 heavy (non-hydrogen) atoms. The minimum Gasteiger partial charge on any atom is -0.508 e. The van der Waals surface area contributed by atoms with E-state index in [1.165, 1.54) is 0 Å². The molecule has 4 aliphatic rings. The fourth-order valence-electron chi connectivity index (χ4n) is 12.1. The summed E-state index contributed by atoms with van der Waals surface area (Å²) in [5, 5.41) is 24.0. The number of nitrogens with one attached hydrogen (secondary N) is 2. The van der Waals surface area contributed by atoms with Gasteiger partial charge in [-0.15, -0.1) is 11.3 Å². The molecule has 7 aromatic rings. The van der Waals surface area contributed by atoms with Crippen molar-refractivity contribution in [2.75, 3.05) is 57.4 Å². The highest BCUT2D eigenvalue weighted by Crippen LogP contribution is 2.40. The van der Waals surface area contributed by atoms with Crippen molar-refractivity contribution < 1.29 is 33.1 Å². The van der Waals surface area contributed by atoms with E-state index < -0.39 is 17.8 Å². The van der Waals surface area contributed by atoms with Crippen molar-refractivity contribution in [3.05, 3.63) is 101 Å². The number of benzene rings is 3. The van der Waals surface area contributed by atoms with Gasteiger partial charge in [0.05, 0.1) is 34.1 Å². The topological polar surface area (TPSA) is 184 Å². The lowest BCUT2D eigenvalue weighted by molar-refractivity contribution is -0.141. The molecule has 2 amide bonds. The lowest BCUT2D eigenvalue weighted by Gasteiger charge is -2.34. The first-order chi connectivity index (χ1) is 37.4. The summed E-state index contributed by atoms with van der Waals surface area (Å²) in [4.78, 5) is 54.2. The standard InChI is InChI=1S/C59H69FN10O6S/c1-6-38-9-7-10-41-27-44(71)28-45(51(38)41)53-52(60)54-46(30-61-53)56(69-31-42-16-17-43(32-69)64-42)66-59(65-54)75-26-24-68-22-18-37(19-23-68)20-25-74-49-29-48(76-67-49)50(34(2)3)58(73)70-21-8-11-47(70)57(72)63-35(4)39-12-14-40(15-13-39)55-36(5)62-33-77-55/h7,9-10,12-15,27-30,33-35,37,42-43,47,50,64,71H,6,8,11,16-26,31-32H2,1-5H3,(H,63,72)/t35-,42?,43?,47-,50-/m0/s1. The van der Waals surface area contributed by atoms with Crippen LogP contribution in [0.5, 0.6) is 17.6 Å². The third-order valence-electron chi connectivity index (χ3n) is 16.3. The maximum Gasteiger partial charge on any atom is 0.319 e. The van der Waals surface area contributed by atoms with Gasteiger partial charge >= 0.3 is 6.01 Å². The maximum atomic E-state index is 17.1. The van der Waals surface area contributed by atoms with Gasteiger partial charge in [-0.1, -0.05) is 63.2 Å². The summed E-state index contributed by atoms with van der Waals surface area (Å²) in [5.41, 5.74) is 6.77. The van der Waals surface area contributed by atoms with Gasteiger partial charge in [-0.25, -0.2) is 9.37 Å². The summed E-state index contributed by atoms with van der Waals surface area (Å²) in [6.07, 6.45) is 8.75. The summed E-state index contributed by atoms with van der Waals surface area (Å²) in [6.45, 7) is 15.2. The number of ether oxygens (including phenoxy) is 2. The molecule has 2 bridgehead atoms. The van der Waals surface area contributed by atoms with Gasteiger partial charge in [0.15, 0.2) is 11.6 Å². The average Bonchev–Trinajstić information content (AvgIpc) is 4.28. The summed E-state index contributed by atoms with van der Waals surface area (Å²) in [5.74, 6) is 0.320. The Balaban J connectivity index is 0.678. The summed E-state index contributed by atoms with van der Waals surface area (Å²) in [6, 6.07) is 19.1. The number of anilines is 1. The van der Waals surface area contributed by atoms with Gasteiger partial charge in [0.1, 0.15) is 41.3 Å². The molecule has 3 aromatic carbocycles. The van der Waals surface area contributed by atoms with Crippen molar-refractivity contribution >= 4 is 50.6 Å². The number of carbonyl (C=O) groups excluding carboxylic acids is 2. The third-order valence-corrected chi connectivity index (χ3v) is 17.3. The molecule has 4 fully saturated rings. The summed E-state index contributed by atoms with van der Waals surface area (Å²) in [7, 11) is 0. The number of pyridine rings is 1. The minimum atomic E-state index is -0.615. The molecule has 11 rings (SSSR count). The van der Waals surface area contributed by atoms with E-state index in [0.29, 0.717) is 79.1 Å². The van der Waals surface area contributed by atoms with E-state index in [2.05, 4.69) is 49.6 Å². The van der Waals surface area contributed by atoms with Crippen molar-refractivity contribution in [3.63, 3.8) is 0 Å². The molecule has 404 valence electrons. The number of aromatic nitrogens is 5. The number of hydrogen-bond donors (Lipinski definition) is 3. The third kappa shape index (κ3) is 11.1. The number of nitrogens with zero attached hydrogens (tertiary/aromatic N) is 8. The average molecular weight is 1070 g/mol. The van der Waals surface area contributed by atoms with Crippen molar-refractivity contribution in [1.82, 2.24) is 45.5 Å². The van der Waals surface area contributed by atoms with Crippen LogP contribution in [0.1, 0.15) is 107 Å². The maximum absolute atomic E-state index is 17.1. The van der Waals surface area contributed by atoms with Crippen LogP contribution in [0.15, 0.2) is 76.9 Å². The molecule has 4 saturated heterocycles. The van der Waals surface area contributed by atoms with Crippen LogP contribution in [0.4, 0.5) is 10.2 Å². The molecule has 4 aromatic heterocycles. The molecule has 0 saturated carbocycles. The Morgan fingerprint density at radius 3 is 2.48 bits per heavy atom. The van der Waals surface area contributed by atoms with Crippen LogP contribution in [-0.2, 0) is 16.0 Å². The Bertz CT molecular complexity index is 3240. The molecule has 0 spiro atoms. The first-order valence-corrected chi connectivity index (χ1v) is 28.4. The molecule has 5 atom stereocenters. The van der Waals surface area contributed by atoms with Gasteiger partial charge in [-0.2, -0.15) is 9.97 Å². The summed E-state index contributed by atoms with van der Waals surface area (Å²) >= 11 is 1.61. The second-order valence-electron chi connectivity index (χ2n) is 21.8. The number of piperidine rings is 1.